The molecule has 8 nitrogen and oxygen atoms in total. The van der Waals surface area contributed by atoms with Crippen LogP contribution in [0, 0.1) is 0 Å². The molecule has 0 radical (unpaired) electrons. The van der Waals surface area contributed by atoms with Crippen molar-refractivity contribution in [1.82, 2.24) is 4.90 Å². The van der Waals surface area contributed by atoms with E-state index in [0.717, 1.165) is 16.7 Å². The predicted octanol–water partition coefficient (Wildman–Crippen LogP) is 4.51. The van der Waals surface area contributed by atoms with E-state index in [2.05, 4.69) is 20.7 Å². The minimum atomic E-state index is -0.529. The highest BCUT2D eigenvalue weighted by Crippen LogP contribution is 2.39. The van der Waals surface area contributed by atoms with Crippen LogP contribution in [0.5, 0.6) is 17.2 Å². The fourth-order valence-electron chi connectivity index (χ4n) is 2.88. The van der Waals surface area contributed by atoms with Crippen molar-refractivity contribution >= 4 is 50.9 Å². The van der Waals surface area contributed by atoms with Crippen molar-refractivity contribution in [2.45, 2.75) is 6.92 Å². The van der Waals surface area contributed by atoms with Gasteiger partial charge in [-0.1, -0.05) is 18.2 Å². The number of para-hydroxylation sites is 1. The average molecular weight is 536 g/mol. The Morgan fingerprint density at radius 1 is 1.12 bits per heavy atom. The van der Waals surface area contributed by atoms with E-state index in [9.17, 15) is 14.4 Å². The van der Waals surface area contributed by atoms with Gasteiger partial charge in [0.15, 0.2) is 18.1 Å². The molecule has 0 saturated carbocycles. The number of imide groups is 1. The first-order valence-corrected chi connectivity index (χ1v) is 11.6. The number of carbonyl (C=O) groups is 3. The molecular formula is C23H22BrNO7S. The molecule has 1 aliphatic heterocycles. The van der Waals surface area contributed by atoms with E-state index in [0.29, 0.717) is 33.9 Å². The maximum Gasteiger partial charge on any atom is 0.343 e. The number of halogens is 1. The van der Waals surface area contributed by atoms with Crippen molar-refractivity contribution < 1.29 is 33.3 Å². The zero-order valence-corrected chi connectivity index (χ0v) is 20.4. The van der Waals surface area contributed by atoms with Gasteiger partial charge in [0.05, 0.1) is 29.6 Å². The van der Waals surface area contributed by atoms with Crippen molar-refractivity contribution in [2.75, 3.05) is 33.5 Å². The van der Waals surface area contributed by atoms with E-state index in [4.69, 9.17) is 14.2 Å². The highest BCUT2D eigenvalue weighted by Gasteiger charge is 2.35. The van der Waals surface area contributed by atoms with Crippen LogP contribution in [-0.4, -0.2) is 55.5 Å². The molecule has 0 atom stereocenters. The van der Waals surface area contributed by atoms with Crippen LogP contribution in [0.1, 0.15) is 12.5 Å². The van der Waals surface area contributed by atoms with Gasteiger partial charge >= 0.3 is 5.97 Å². The minimum absolute atomic E-state index is 0.144. The largest absolute Gasteiger partial charge is 0.492 e. The Morgan fingerprint density at radius 3 is 2.58 bits per heavy atom. The molecule has 0 aliphatic carbocycles. The zero-order valence-electron chi connectivity index (χ0n) is 18.0. The fourth-order valence-corrected chi connectivity index (χ4v) is 4.32. The molecule has 174 valence electrons. The normalized spacial score (nSPS) is 14.5. The van der Waals surface area contributed by atoms with Crippen molar-refractivity contribution in [3.8, 4) is 17.2 Å². The third-order valence-corrected chi connectivity index (χ3v) is 5.89. The molecular weight excluding hydrogens is 514 g/mol. The summed E-state index contributed by atoms with van der Waals surface area (Å²) in [6.07, 6.45) is 1.61. The summed E-state index contributed by atoms with van der Waals surface area (Å²) in [5, 5.41) is -0.356. The number of hydrogen-bond donors (Lipinski definition) is 0. The van der Waals surface area contributed by atoms with Crippen LogP contribution in [0.15, 0.2) is 51.8 Å². The molecule has 10 heteroatoms. The summed E-state index contributed by atoms with van der Waals surface area (Å²) in [6, 6.07) is 12.6. The van der Waals surface area contributed by atoms with Crippen LogP contribution < -0.4 is 14.2 Å². The first-order chi connectivity index (χ1) is 15.9. The van der Waals surface area contributed by atoms with Crippen LogP contribution in [-0.2, 0) is 14.3 Å². The second-order valence-electron chi connectivity index (χ2n) is 6.62. The van der Waals surface area contributed by atoms with Gasteiger partial charge in [-0.15, -0.1) is 0 Å². The first kappa shape index (κ1) is 24.7. The predicted molar refractivity (Wildman–Crippen MR) is 127 cm³/mol. The van der Waals surface area contributed by atoms with Gasteiger partial charge in [0.2, 0.25) is 0 Å². The minimum Gasteiger partial charge on any atom is -0.492 e. The summed E-state index contributed by atoms with van der Waals surface area (Å²) in [5.41, 5.74) is 0.627. The van der Waals surface area contributed by atoms with Gasteiger partial charge in [-0.2, -0.15) is 0 Å². The van der Waals surface area contributed by atoms with Crippen molar-refractivity contribution in [2.24, 2.45) is 0 Å². The molecule has 1 saturated heterocycles. The summed E-state index contributed by atoms with van der Waals surface area (Å²) < 4.78 is 21.9. The zero-order chi connectivity index (χ0) is 23.8. The molecule has 2 amide bonds. The number of benzene rings is 2. The van der Waals surface area contributed by atoms with Gasteiger partial charge in [0, 0.05) is 0 Å². The van der Waals surface area contributed by atoms with E-state index < -0.39 is 5.97 Å². The molecule has 0 bridgehead atoms. The molecule has 2 aromatic carbocycles. The third-order valence-electron chi connectivity index (χ3n) is 4.39. The number of thioether (sulfide) groups is 1. The van der Waals surface area contributed by atoms with E-state index >= 15 is 0 Å². The van der Waals surface area contributed by atoms with E-state index in [1.807, 2.05) is 25.1 Å². The summed E-state index contributed by atoms with van der Waals surface area (Å²) in [5.74, 6) is 0.478. The topological polar surface area (TPSA) is 91.4 Å². The molecule has 1 fully saturated rings. The summed E-state index contributed by atoms with van der Waals surface area (Å²) in [4.78, 5) is 38.0. The van der Waals surface area contributed by atoms with Crippen LogP contribution in [0.4, 0.5) is 4.79 Å². The number of esters is 1. The lowest BCUT2D eigenvalue weighted by atomic mass is 10.2. The number of amides is 2. The van der Waals surface area contributed by atoms with Crippen molar-refractivity contribution in [3.63, 3.8) is 0 Å². The molecule has 33 heavy (non-hydrogen) atoms. The lowest BCUT2D eigenvalue weighted by Crippen LogP contribution is -2.32. The highest BCUT2D eigenvalue weighted by atomic mass is 79.9. The van der Waals surface area contributed by atoms with E-state index in [1.165, 1.54) is 7.11 Å². The Labute approximate surface area is 203 Å². The Hall–Kier alpha value is -2.98. The Balaban J connectivity index is 1.73. The monoisotopic (exact) mass is 535 g/mol. The summed E-state index contributed by atoms with van der Waals surface area (Å²) >= 11 is 4.28. The number of methoxy groups -OCH3 is 1. The second kappa shape index (κ2) is 11.8. The number of rotatable bonds is 10. The quantitative estimate of drug-likeness (QED) is 0.324. The molecule has 0 aromatic heterocycles. The lowest BCUT2D eigenvalue weighted by molar-refractivity contribution is -0.143. The average Bonchev–Trinajstić information content (AvgIpc) is 3.06. The van der Waals surface area contributed by atoms with Gasteiger partial charge in [-0.05, 0) is 70.5 Å². The van der Waals surface area contributed by atoms with Gasteiger partial charge in [0.25, 0.3) is 11.1 Å². The first-order valence-electron chi connectivity index (χ1n) is 10.0. The van der Waals surface area contributed by atoms with E-state index in [-0.39, 0.29) is 35.8 Å². The van der Waals surface area contributed by atoms with Crippen LogP contribution in [0.25, 0.3) is 6.08 Å². The smallest absolute Gasteiger partial charge is 0.343 e. The molecule has 3 rings (SSSR count). The number of hydrogen-bond acceptors (Lipinski definition) is 8. The van der Waals surface area contributed by atoms with Crippen LogP contribution in [0.3, 0.4) is 0 Å². The van der Waals surface area contributed by atoms with Crippen molar-refractivity contribution in [3.05, 3.63) is 57.4 Å². The molecule has 2 aromatic rings. The standard InChI is InChI=1S/C23H22BrNO7S/c1-3-30-18-12-15(11-17(24)21(18)32-14-20(26)29-2)13-19-22(27)25(23(28)33-19)9-10-31-16-7-5-4-6-8-16/h4-8,11-13H,3,9-10,14H2,1-2H3/b19-13-. The van der Waals surface area contributed by atoms with E-state index in [1.54, 1.807) is 30.3 Å². The molecule has 0 N–H and O–H groups in total. The van der Waals surface area contributed by atoms with Gasteiger partial charge in [-0.25, -0.2) is 4.79 Å². The number of carbonyl (C=O) groups excluding carboxylic acids is 3. The van der Waals surface area contributed by atoms with Gasteiger partial charge < -0.3 is 18.9 Å². The van der Waals surface area contributed by atoms with Gasteiger partial charge in [0.1, 0.15) is 12.4 Å². The third kappa shape index (κ3) is 6.52. The lowest BCUT2D eigenvalue weighted by Gasteiger charge is -2.14. The molecule has 1 aliphatic rings. The number of ether oxygens (including phenoxy) is 4. The van der Waals surface area contributed by atoms with Gasteiger partial charge in [-0.3, -0.25) is 14.5 Å². The number of nitrogens with zero attached hydrogens (tertiary/aromatic N) is 1. The summed E-state index contributed by atoms with van der Waals surface area (Å²) in [7, 11) is 1.27. The Morgan fingerprint density at radius 2 is 1.88 bits per heavy atom. The highest BCUT2D eigenvalue weighted by molar-refractivity contribution is 9.10. The van der Waals surface area contributed by atoms with Crippen LogP contribution in [0.2, 0.25) is 0 Å². The fraction of sp³-hybridized carbons (Fsp3) is 0.261. The maximum atomic E-state index is 12.8. The Bertz CT molecular complexity index is 1060. The maximum absolute atomic E-state index is 12.8. The molecule has 0 unspecified atom stereocenters. The van der Waals surface area contributed by atoms with Crippen LogP contribution >= 0.6 is 27.7 Å². The SMILES string of the molecule is CCOc1cc(/C=C2\SC(=O)N(CCOc3ccccc3)C2=O)cc(Br)c1OCC(=O)OC. The van der Waals surface area contributed by atoms with Crippen molar-refractivity contribution in [1.29, 1.82) is 0 Å². The Kier molecular flexibility index (Phi) is 8.79. The molecule has 1 heterocycles. The molecule has 0 spiro atoms. The second-order valence-corrected chi connectivity index (χ2v) is 8.47. The summed E-state index contributed by atoms with van der Waals surface area (Å²) in [6.45, 7) is 2.24.